The van der Waals surface area contributed by atoms with E-state index >= 15 is 0 Å². The highest BCUT2D eigenvalue weighted by molar-refractivity contribution is 5.80. The first-order chi connectivity index (χ1) is 32.5. The maximum Gasteiger partial charge on any atom is 0.249 e. The molecule has 4 atom stereocenters. The Kier molecular flexibility index (Phi) is 54.2. The van der Waals surface area contributed by atoms with Crippen molar-refractivity contribution in [3.63, 3.8) is 0 Å². The van der Waals surface area contributed by atoms with Crippen molar-refractivity contribution in [2.45, 2.75) is 359 Å². The van der Waals surface area contributed by atoms with Gasteiger partial charge < -0.3 is 25.7 Å². The predicted molar refractivity (Wildman–Crippen MR) is 288 cm³/mol. The minimum Gasteiger partial charge on any atom is -0.394 e. The molecule has 6 nitrogen and oxygen atoms in total. The highest BCUT2D eigenvalue weighted by Gasteiger charge is 2.28. The largest absolute Gasteiger partial charge is 0.394 e. The Morgan fingerprint density at radius 2 is 0.606 bits per heavy atom. The summed E-state index contributed by atoms with van der Waals surface area (Å²) in [7, 11) is 0. The molecule has 0 aromatic carbocycles. The van der Waals surface area contributed by atoms with Crippen molar-refractivity contribution in [3.05, 3.63) is 12.2 Å². The molecule has 394 valence electrons. The third kappa shape index (κ3) is 48.1. The smallest absolute Gasteiger partial charge is 0.249 e. The zero-order valence-electron chi connectivity index (χ0n) is 44.7. The molecule has 0 bridgehead atoms. The number of nitrogens with one attached hydrogen (secondary N) is 1. The van der Waals surface area contributed by atoms with E-state index in [9.17, 15) is 25.2 Å². The molecule has 0 fully saturated rings. The van der Waals surface area contributed by atoms with E-state index in [1.807, 2.05) is 0 Å². The standard InChI is InChI=1S/C60H119NO5/c1-3-5-7-9-11-13-15-17-19-21-23-25-26-27-28-29-30-31-32-33-34-36-37-39-41-43-45-47-49-51-53-57(63)59(65)56(55-62)61-60(66)58(64)54-52-50-48-46-44-42-40-38-35-24-22-20-18-16-14-12-10-8-6-4-2/h35,38,56-59,62-65H,3-34,36-37,39-55H2,1-2H3,(H,61,66)/b38-35-. The average molecular weight is 935 g/mol. The number of amides is 1. The van der Waals surface area contributed by atoms with Crippen LogP contribution < -0.4 is 5.32 Å². The van der Waals surface area contributed by atoms with Gasteiger partial charge in [-0.3, -0.25) is 4.79 Å². The molecular formula is C60H119NO5. The summed E-state index contributed by atoms with van der Waals surface area (Å²) in [5.74, 6) is -0.583. The van der Waals surface area contributed by atoms with Crippen molar-refractivity contribution in [2.75, 3.05) is 6.61 Å². The van der Waals surface area contributed by atoms with Gasteiger partial charge in [0.05, 0.1) is 18.8 Å². The van der Waals surface area contributed by atoms with Gasteiger partial charge in [0.15, 0.2) is 0 Å². The van der Waals surface area contributed by atoms with Gasteiger partial charge in [-0.05, 0) is 38.5 Å². The van der Waals surface area contributed by atoms with E-state index in [-0.39, 0.29) is 0 Å². The first-order valence-corrected chi connectivity index (χ1v) is 30.1. The molecule has 0 radical (unpaired) electrons. The van der Waals surface area contributed by atoms with Gasteiger partial charge in [0.1, 0.15) is 12.2 Å². The molecule has 1 amide bonds. The van der Waals surface area contributed by atoms with E-state index in [0.717, 1.165) is 44.9 Å². The monoisotopic (exact) mass is 934 g/mol. The number of carbonyl (C=O) groups excluding carboxylic acids is 1. The van der Waals surface area contributed by atoms with Gasteiger partial charge in [-0.25, -0.2) is 0 Å². The van der Waals surface area contributed by atoms with Crippen LogP contribution in [0.4, 0.5) is 0 Å². The summed E-state index contributed by atoms with van der Waals surface area (Å²) in [6.07, 6.45) is 65.8. The molecule has 0 spiro atoms. The molecular weight excluding hydrogens is 815 g/mol. The summed E-state index contributed by atoms with van der Waals surface area (Å²) >= 11 is 0. The first-order valence-electron chi connectivity index (χ1n) is 30.1. The van der Waals surface area contributed by atoms with Crippen LogP contribution in [0.5, 0.6) is 0 Å². The zero-order chi connectivity index (χ0) is 48.1. The van der Waals surface area contributed by atoms with Crippen LogP contribution in [0.25, 0.3) is 0 Å². The third-order valence-corrected chi connectivity index (χ3v) is 14.5. The molecule has 0 aliphatic rings. The zero-order valence-corrected chi connectivity index (χ0v) is 44.7. The van der Waals surface area contributed by atoms with Gasteiger partial charge in [0.2, 0.25) is 5.91 Å². The number of aliphatic hydroxyl groups is 4. The summed E-state index contributed by atoms with van der Waals surface area (Å²) in [5.41, 5.74) is 0. The van der Waals surface area contributed by atoms with Crippen molar-refractivity contribution in [2.24, 2.45) is 0 Å². The van der Waals surface area contributed by atoms with Gasteiger partial charge in [0.25, 0.3) is 0 Å². The van der Waals surface area contributed by atoms with Gasteiger partial charge in [-0.1, -0.05) is 309 Å². The maximum absolute atomic E-state index is 12.6. The highest BCUT2D eigenvalue weighted by atomic mass is 16.3. The van der Waals surface area contributed by atoms with E-state index in [1.54, 1.807) is 0 Å². The SMILES string of the molecule is CCCCCCCCCCCC/C=C\CCCCCCCCC(O)C(=O)NC(CO)C(O)C(O)CCCCCCCCCCCCCCCCCCCCCCCCCCCCCCCC. The summed E-state index contributed by atoms with van der Waals surface area (Å²) in [6.45, 7) is 4.10. The van der Waals surface area contributed by atoms with Crippen LogP contribution in [-0.2, 0) is 4.79 Å². The molecule has 0 aromatic rings. The quantitative estimate of drug-likeness (QED) is 0.0308. The number of carbonyl (C=O) groups is 1. The maximum atomic E-state index is 12.6. The Morgan fingerprint density at radius 3 is 0.879 bits per heavy atom. The minimum atomic E-state index is -1.26. The lowest BCUT2D eigenvalue weighted by atomic mass is 9.99. The van der Waals surface area contributed by atoms with Crippen LogP contribution in [0, 0.1) is 0 Å². The number of hydrogen-bond acceptors (Lipinski definition) is 5. The molecule has 0 heterocycles. The van der Waals surface area contributed by atoms with Crippen molar-refractivity contribution >= 4 is 5.91 Å². The Hall–Kier alpha value is -0.950. The molecule has 5 N–H and O–H groups in total. The molecule has 0 saturated heterocycles. The van der Waals surface area contributed by atoms with E-state index < -0.39 is 36.9 Å². The Labute approximate surface area is 412 Å². The van der Waals surface area contributed by atoms with E-state index in [1.165, 1.54) is 263 Å². The average Bonchev–Trinajstić information content (AvgIpc) is 3.32. The lowest BCUT2D eigenvalue weighted by molar-refractivity contribution is -0.132. The van der Waals surface area contributed by atoms with Gasteiger partial charge in [-0.15, -0.1) is 0 Å². The highest BCUT2D eigenvalue weighted by Crippen LogP contribution is 2.19. The minimum absolute atomic E-state index is 0.365. The second-order valence-corrected chi connectivity index (χ2v) is 21.1. The number of hydrogen-bond donors (Lipinski definition) is 5. The van der Waals surface area contributed by atoms with E-state index in [2.05, 4.69) is 31.3 Å². The van der Waals surface area contributed by atoms with Crippen molar-refractivity contribution in [1.82, 2.24) is 5.32 Å². The van der Waals surface area contributed by atoms with Crippen LogP contribution in [0.1, 0.15) is 335 Å². The lowest BCUT2D eigenvalue weighted by Crippen LogP contribution is -2.53. The van der Waals surface area contributed by atoms with E-state index in [4.69, 9.17) is 0 Å². The van der Waals surface area contributed by atoms with Crippen molar-refractivity contribution < 1.29 is 25.2 Å². The molecule has 6 heteroatoms. The molecule has 4 unspecified atom stereocenters. The molecule has 0 aromatic heterocycles. The molecule has 66 heavy (non-hydrogen) atoms. The molecule has 0 aliphatic carbocycles. The number of unbranched alkanes of at least 4 members (excludes halogenated alkanes) is 45. The Balaban J connectivity index is 3.57. The number of allylic oxidation sites excluding steroid dienone is 2. The second kappa shape index (κ2) is 55.0. The Bertz CT molecular complexity index is 959. The van der Waals surface area contributed by atoms with Crippen LogP contribution in [0.2, 0.25) is 0 Å². The lowest BCUT2D eigenvalue weighted by Gasteiger charge is -2.27. The predicted octanol–water partition coefficient (Wildman–Crippen LogP) is 17.6. The third-order valence-electron chi connectivity index (χ3n) is 14.5. The van der Waals surface area contributed by atoms with Crippen molar-refractivity contribution in [3.8, 4) is 0 Å². The number of rotatable bonds is 56. The van der Waals surface area contributed by atoms with Crippen LogP contribution >= 0.6 is 0 Å². The fourth-order valence-corrected chi connectivity index (χ4v) is 9.76. The van der Waals surface area contributed by atoms with Gasteiger partial charge in [-0.2, -0.15) is 0 Å². The second-order valence-electron chi connectivity index (χ2n) is 21.1. The summed E-state index contributed by atoms with van der Waals surface area (Å²) < 4.78 is 0. The fraction of sp³-hybridized carbons (Fsp3) is 0.950. The summed E-state index contributed by atoms with van der Waals surface area (Å²) in [6, 6.07) is -0.986. The number of aliphatic hydroxyl groups excluding tert-OH is 4. The fourth-order valence-electron chi connectivity index (χ4n) is 9.76. The van der Waals surface area contributed by atoms with Crippen LogP contribution in [0.3, 0.4) is 0 Å². The van der Waals surface area contributed by atoms with Gasteiger partial charge >= 0.3 is 0 Å². The normalized spacial score (nSPS) is 13.7. The van der Waals surface area contributed by atoms with Gasteiger partial charge in [0, 0.05) is 0 Å². The van der Waals surface area contributed by atoms with E-state index in [0.29, 0.717) is 12.8 Å². The van der Waals surface area contributed by atoms with Crippen LogP contribution in [0.15, 0.2) is 12.2 Å². The first kappa shape index (κ1) is 65.0. The van der Waals surface area contributed by atoms with Crippen LogP contribution in [-0.4, -0.2) is 57.3 Å². The molecule has 0 aliphatic heterocycles. The summed E-state index contributed by atoms with van der Waals surface area (Å²) in [4.78, 5) is 12.6. The molecule has 0 saturated carbocycles. The van der Waals surface area contributed by atoms with Crippen molar-refractivity contribution in [1.29, 1.82) is 0 Å². The Morgan fingerprint density at radius 1 is 0.364 bits per heavy atom. The topological polar surface area (TPSA) is 110 Å². The molecule has 0 rings (SSSR count). The summed E-state index contributed by atoms with van der Waals surface area (Å²) in [5, 5.41) is 44.1.